The molecule has 3 saturated carbocycles. The Labute approximate surface area is 174 Å². The summed E-state index contributed by atoms with van der Waals surface area (Å²) >= 11 is 0. The Morgan fingerprint density at radius 1 is 0.929 bits per heavy atom. The molecule has 4 aliphatic carbocycles. The highest BCUT2D eigenvalue weighted by molar-refractivity contribution is 6.74. The lowest BCUT2D eigenvalue weighted by Crippen LogP contribution is -2.53. The number of rotatable bonds is 2. The summed E-state index contributed by atoms with van der Waals surface area (Å²) in [5.41, 5.74) is -0.115. The minimum absolute atomic E-state index is 0.267. The van der Waals surface area contributed by atoms with E-state index in [9.17, 15) is 5.11 Å². The smallest absolute Gasteiger partial charge is 0.192 e. The Morgan fingerprint density at radius 3 is 2.29 bits per heavy atom. The second-order valence-electron chi connectivity index (χ2n) is 12.8. The van der Waals surface area contributed by atoms with Crippen molar-refractivity contribution in [3.8, 4) is 0 Å². The van der Waals surface area contributed by atoms with Crippen molar-refractivity contribution in [3.63, 3.8) is 0 Å². The van der Waals surface area contributed by atoms with Gasteiger partial charge in [-0.15, -0.1) is 0 Å². The molecule has 0 aromatic carbocycles. The van der Waals surface area contributed by atoms with Crippen LogP contribution in [0.5, 0.6) is 0 Å². The molecule has 1 unspecified atom stereocenters. The maximum absolute atomic E-state index is 10.6. The standard InChI is InChI=1S/C25H44O2Si/c1-23(2,3)28(6,7)27-22-11-10-21-20-9-8-17-16-24(4,26)14-12-18(17)19(20)13-15-25(21,22)5/h10-11,17-22,26H,8-9,12-16H2,1-7H3/t17-,18+,19-,20-,21+,22?,24-,25+/m1/s1. The minimum atomic E-state index is -1.76. The molecule has 4 aliphatic rings. The highest BCUT2D eigenvalue weighted by Gasteiger charge is 2.57. The number of allylic oxidation sites excluding steroid dienone is 1. The normalized spacial score (nSPS) is 48.7. The molecule has 0 aromatic rings. The van der Waals surface area contributed by atoms with Crippen LogP contribution in [0.2, 0.25) is 18.1 Å². The molecule has 28 heavy (non-hydrogen) atoms. The van der Waals surface area contributed by atoms with Crippen molar-refractivity contribution >= 4 is 8.32 Å². The van der Waals surface area contributed by atoms with Gasteiger partial charge in [-0.25, -0.2) is 0 Å². The fourth-order valence-electron chi connectivity index (χ4n) is 7.16. The molecule has 160 valence electrons. The van der Waals surface area contributed by atoms with E-state index >= 15 is 0 Å². The first-order chi connectivity index (χ1) is 12.8. The Bertz CT molecular complexity index is 631. The maximum Gasteiger partial charge on any atom is 0.192 e. The first-order valence-electron chi connectivity index (χ1n) is 11.9. The van der Waals surface area contributed by atoms with Crippen LogP contribution in [0.25, 0.3) is 0 Å². The van der Waals surface area contributed by atoms with Gasteiger partial charge in [-0.2, -0.15) is 0 Å². The first kappa shape index (κ1) is 21.1. The van der Waals surface area contributed by atoms with Gasteiger partial charge in [0.2, 0.25) is 0 Å². The van der Waals surface area contributed by atoms with Crippen LogP contribution >= 0.6 is 0 Å². The lowest BCUT2D eigenvalue weighted by atomic mass is 9.49. The van der Waals surface area contributed by atoms with Gasteiger partial charge in [-0.05, 0) is 99.6 Å². The van der Waals surface area contributed by atoms with Crippen molar-refractivity contribution in [1.82, 2.24) is 0 Å². The summed E-state index contributed by atoms with van der Waals surface area (Å²) < 4.78 is 6.97. The van der Waals surface area contributed by atoms with Gasteiger partial charge in [-0.1, -0.05) is 39.8 Å². The van der Waals surface area contributed by atoms with Crippen molar-refractivity contribution < 1.29 is 9.53 Å². The van der Waals surface area contributed by atoms with Crippen molar-refractivity contribution in [2.75, 3.05) is 0 Å². The number of aliphatic hydroxyl groups is 1. The summed E-state index contributed by atoms with van der Waals surface area (Å²) in [5, 5.41) is 10.9. The minimum Gasteiger partial charge on any atom is -0.410 e. The molecule has 4 rings (SSSR count). The summed E-state index contributed by atoms with van der Waals surface area (Å²) in [7, 11) is -1.76. The maximum atomic E-state index is 10.6. The fourth-order valence-corrected chi connectivity index (χ4v) is 8.50. The van der Waals surface area contributed by atoms with Gasteiger partial charge < -0.3 is 9.53 Å². The summed E-state index contributed by atoms with van der Waals surface area (Å²) in [6.07, 6.45) is 14.0. The van der Waals surface area contributed by atoms with Crippen LogP contribution in [-0.2, 0) is 4.43 Å². The van der Waals surface area contributed by atoms with E-state index in [2.05, 4.69) is 59.9 Å². The third kappa shape index (κ3) is 3.38. The highest BCUT2D eigenvalue weighted by atomic mass is 28.4. The third-order valence-corrected chi connectivity index (χ3v) is 14.4. The lowest BCUT2D eigenvalue weighted by molar-refractivity contribution is -0.101. The second-order valence-corrected chi connectivity index (χ2v) is 17.6. The molecule has 3 fully saturated rings. The summed E-state index contributed by atoms with van der Waals surface area (Å²) in [6, 6.07) is 0. The number of hydrogen-bond donors (Lipinski definition) is 1. The van der Waals surface area contributed by atoms with Crippen LogP contribution in [-0.4, -0.2) is 25.1 Å². The summed E-state index contributed by atoms with van der Waals surface area (Å²) in [4.78, 5) is 0. The molecule has 0 bridgehead atoms. The molecular weight excluding hydrogens is 360 g/mol. The van der Waals surface area contributed by atoms with E-state index in [1.165, 1.54) is 32.1 Å². The molecule has 0 aliphatic heterocycles. The number of hydrogen-bond acceptors (Lipinski definition) is 2. The molecule has 0 amide bonds. The van der Waals surface area contributed by atoms with E-state index < -0.39 is 13.9 Å². The lowest BCUT2D eigenvalue weighted by Gasteiger charge is -2.57. The molecule has 0 radical (unpaired) electrons. The summed E-state index contributed by atoms with van der Waals surface area (Å²) in [6.45, 7) is 16.5. The quantitative estimate of drug-likeness (QED) is 0.417. The van der Waals surface area contributed by atoms with Crippen molar-refractivity contribution in [3.05, 3.63) is 12.2 Å². The molecule has 0 aromatic heterocycles. The Kier molecular flexibility index (Phi) is 5.04. The van der Waals surface area contributed by atoms with Crippen LogP contribution in [0.3, 0.4) is 0 Å². The molecular formula is C25H44O2Si. The van der Waals surface area contributed by atoms with Crippen molar-refractivity contribution in [2.45, 2.75) is 109 Å². The topological polar surface area (TPSA) is 29.5 Å². The molecule has 0 saturated heterocycles. The molecule has 8 atom stereocenters. The van der Waals surface area contributed by atoms with E-state index in [1.54, 1.807) is 0 Å². The number of fused-ring (bicyclic) bond motifs is 5. The van der Waals surface area contributed by atoms with Gasteiger partial charge in [0.25, 0.3) is 0 Å². The van der Waals surface area contributed by atoms with E-state index in [0.717, 1.165) is 36.5 Å². The SMILES string of the molecule is CC(C)(C)[Si](C)(C)OC1C=C[C@H]2[C@@H]3CC[C@@H]4C[C@](C)(O)CC[C@@H]4[C@H]3CC[C@]12C. The second kappa shape index (κ2) is 6.69. The molecule has 0 heterocycles. The largest absolute Gasteiger partial charge is 0.410 e. The Balaban J connectivity index is 1.51. The van der Waals surface area contributed by atoms with Gasteiger partial charge in [0.15, 0.2) is 8.32 Å². The highest BCUT2D eigenvalue weighted by Crippen LogP contribution is 2.62. The molecule has 3 heteroatoms. The van der Waals surface area contributed by atoms with Crippen LogP contribution in [0.4, 0.5) is 0 Å². The van der Waals surface area contributed by atoms with Crippen LogP contribution in [0.1, 0.15) is 79.6 Å². The average molecular weight is 405 g/mol. The molecule has 0 spiro atoms. The van der Waals surface area contributed by atoms with E-state index in [4.69, 9.17) is 4.43 Å². The van der Waals surface area contributed by atoms with E-state index in [-0.39, 0.29) is 5.04 Å². The van der Waals surface area contributed by atoms with Crippen molar-refractivity contribution in [1.29, 1.82) is 0 Å². The van der Waals surface area contributed by atoms with E-state index in [0.29, 0.717) is 17.4 Å². The van der Waals surface area contributed by atoms with Crippen LogP contribution in [0, 0.1) is 35.0 Å². The van der Waals surface area contributed by atoms with E-state index in [1.807, 2.05) is 0 Å². The predicted molar refractivity (Wildman–Crippen MR) is 120 cm³/mol. The zero-order valence-corrected chi connectivity index (χ0v) is 20.4. The van der Waals surface area contributed by atoms with Crippen LogP contribution < -0.4 is 0 Å². The zero-order chi connectivity index (χ0) is 20.5. The average Bonchev–Trinajstić information content (AvgIpc) is 2.88. The van der Waals surface area contributed by atoms with Gasteiger partial charge in [-0.3, -0.25) is 0 Å². The van der Waals surface area contributed by atoms with Crippen molar-refractivity contribution in [2.24, 2.45) is 35.0 Å². The first-order valence-corrected chi connectivity index (χ1v) is 14.8. The Morgan fingerprint density at radius 2 is 1.61 bits per heavy atom. The Hall–Kier alpha value is -0.123. The summed E-state index contributed by atoms with van der Waals surface area (Å²) in [5.74, 6) is 4.04. The molecule has 2 nitrogen and oxygen atoms in total. The zero-order valence-electron chi connectivity index (χ0n) is 19.4. The van der Waals surface area contributed by atoms with Gasteiger partial charge >= 0.3 is 0 Å². The van der Waals surface area contributed by atoms with Gasteiger partial charge in [0, 0.05) is 5.41 Å². The van der Waals surface area contributed by atoms with Crippen LogP contribution in [0.15, 0.2) is 12.2 Å². The van der Waals surface area contributed by atoms with Gasteiger partial charge in [0.1, 0.15) is 0 Å². The predicted octanol–water partition coefficient (Wildman–Crippen LogP) is 6.56. The van der Waals surface area contributed by atoms with Gasteiger partial charge in [0.05, 0.1) is 11.7 Å². The fraction of sp³-hybridized carbons (Fsp3) is 0.920. The third-order valence-electron chi connectivity index (χ3n) is 9.90. The monoisotopic (exact) mass is 404 g/mol. The molecule has 1 N–H and O–H groups in total.